The van der Waals surface area contributed by atoms with Crippen LogP contribution in [0.4, 0.5) is 0 Å². The van der Waals surface area contributed by atoms with Crippen LogP contribution in [0.2, 0.25) is 0 Å². The molecule has 0 saturated carbocycles. The zero-order chi connectivity index (χ0) is 17.1. The minimum absolute atomic E-state index is 0.0729. The number of hydrogen-bond acceptors (Lipinski definition) is 5. The van der Waals surface area contributed by atoms with Crippen LogP contribution in [-0.2, 0) is 11.2 Å². The van der Waals surface area contributed by atoms with Crippen molar-refractivity contribution in [3.8, 4) is 11.4 Å². The fourth-order valence-corrected chi connectivity index (χ4v) is 2.46. The van der Waals surface area contributed by atoms with Gasteiger partial charge in [0.05, 0.1) is 5.56 Å². The summed E-state index contributed by atoms with van der Waals surface area (Å²) in [5.41, 5.74) is 1.93. The van der Waals surface area contributed by atoms with Gasteiger partial charge in [-0.1, -0.05) is 16.8 Å². The standard InChI is InChI=1S/C17H18N4O3/c1-3-18-14(22)6-7-15-20-16(21-24-15)12-9-11-8-10(2)4-5-13(11)19-17(12)23/h4-5,8-9H,3,6-7H2,1-2H3,(H,18,22)(H,19,23). The van der Waals surface area contributed by atoms with Crippen LogP contribution in [0.3, 0.4) is 0 Å². The molecule has 0 saturated heterocycles. The van der Waals surface area contributed by atoms with Crippen molar-refractivity contribution in [3.63, 3.8) is 0 Å². The highest BCUT2D eigenvalue weighted by Gasteiger charge is 2.14. The number of pyridine rings is 1. The summed E-state index contributed by atoms with van der Waals surface area (Å²) in [5, 5.41) is 7.47. The minimum Gasteiger partial charge on any atom is -0.356 e. The number of aromatic amines is 1. The third-order valence-electron chi connectivity index (χ3n) is 3.65. The van der Waals surface area contributed by atoms with Gasteiger partial charge in [0.2, 0.25) is 17.6 Å². The molecule has 3 aromatic rings. The molecule has 124 valence electrons. The van der Waals surface area contributed by atoms with Crippen LogP contribution >= 0.6 is 0 Å². The number of rotatable bonds is 5. The molecule has 0 aliphatic carbocycles. The number of amides is 1. The zero-order valence-electron chi connectivity index (χ0n) is 13.5. The first kappa shape index (κ1) is 15.9. The highest BCUT2D eigenvalue weighted by Crippen LogP contribution is 2.18. The van der Waals surface area contributed by atoms with Crippen LogP contribution in [0.25, 0.3) is 22.3 Å². The molecule has 0 unspecified atom stereocenters. The van der Waals surface area contributed by atoms with Crippen molar-refractivity contribution >= 4 is 16.8 Å². The topological polar surface area (TPSA) is 101 Å². The van der Waals surface area contributed by atoms with Gasteiger partial charge in [0.1, 0.15) is 0 Å². The summed E-state index contributed by atoms with van der Waals surface area (Å²) in [5.74, 6) is 0.488. The summed E-state index contributed by atoms with van der Waals surface area (Å²) in [6.45, 7) is 4.42. The van der Waals surface area contributed by atoms with Crippen LogP contribution in [-0.4, -0.2) is 27.6 Å². The Kier molecular flexibility index (Phi) is 4.41. The molecule has 0 atom stereocenters. The molecule has 1 amide bonds. The first-order chi connectivity index (χ1) is 11.6. The fourth-order valence-electron chi connectivity index (χ4n) is 2.46. The molecule has 3 rings (SSSR count). The number of carbonyl (C=O) groups excluding carboxylic acids is 1. The molecule has 2 aromatic heterocycles. The number of nitrogens with zero attached hydrogens (tertiary/aromatic N) is 2. The number of carbonyl (C=O) groups is 1. The molecule has 7 heteroatoms. The van der Waals surface area contributed by atoms with Gasteiger partial charge < -0.3 is 14.8 Å². The van der Waals surface area contributed by atoms with Crippen molar-refractivity contribution in [2.24, 2.45) is 0 Å². The van der Waals surface area contributed by atoms with E-state index in [4.69, 9.17) is 4.52 Å². The van der Waals surface area contributed by atoms with Gasteiger partial charge in [-0.2, -0.15) is 4.98 Å². The number of aryl methyl sites for hydroxylation is 2. The van der Waals surface area contributed by atoms with Crippen LogP contribution in [0.1, 0.15) is 24.8 Å². The summed E-state index contributed by atoms with van der Waals surface area (Å²) < 4.78 is 5.14. The first-order valence-corrected chi connectivity index (χ1v) is 7.80. The summed E-state index contributed by atoms with van der Waals surface area (Å²) in [7, 11) is 0. The second kappa shape index (κ2) is 6.66. The Morgan fingerprint density at radius 2 is 2.17 bits per heavy atom. The molecule has 24 heavy (non-hydrogen) atoms. The van der Waals surface area contributed by atoms with Crippen molar-refractivity contribution in [1.29, 1.82) is 0 Å². The molecular weight excluding hydrogens is 308 g/mol. The third-order valence-corrected chi connectivity index (χ3v) is 3.65. The van der Waals surface area contributed by atoms with E-state index in [2.05, 4.69) is 20.4 Å². The third kappa shape index (κ3) is 3.34. The van der Waals surface area contributed by atoms with E-state index >= 15 is 0 Å². The monoisotopic (exact) mass is 326 g/mol. The molecule has 0 spiro atoms. The average molecular weight is 326 g/mol. The number of hydrogen-bond donors (Lipinski definition) is 2. The predicted octanol–water partition coefficient (Wildman–Crippen LogP) is 1.96. The highest BCUT2D eigenvalue weighted by molar-refractivity contribution is 5.82. The van der Waals surface area contributed by atoms with Gasteiger partial charge in [0.15, 0.2) is 0 Å². The Hall–Kier alpha value is -2.96. The number of H-pyrrole nitrogens is 1. The maximum absolute atomic E-state index is 12.2. The maximum atomic E-state index is 12.2. The summed E-state index contributed by atoms with van der Waals surface area (Å²) in [4.78, 5) is 30.8. The second-order valence-electron chi connectivity index (χ2n) is 5.57. The molecule has 2 heterocycles. The summed E-state index contributed by atoms with van der Waals surface area (Å²) in [6.07, 6.45) is 0.603. The van der Waals surface area contributed by atoms with Crippen molar-refractivity contribution in [3.05, 3.63) is 46.1 Å². The molecular formula is C17H18N4O3. The van der Waals surface area contributed by atoms with E-state index in [-0.39, 0.29) is 23.7 Å². The number of aromatic nitrogens is 3. The van der Waals surface area contributed by atoms with E-state index in [1.807, 2.05) is 32.0 Å². The summed E-state index contributed by atoms with van der Waals surface area (Å²) >= 11 is 0. The molecule has 0 bridgehead atoms. The lowest BCUT2D eigenvalue weighted by atomic mass is 10.1. The minimum atomic E-state index is -0.276. The average Bonchev–Trinajstić information content (AvgIpc) is 3.02. The molecule has 0 radical (unpaired) electrons. The fraction of sp³-hybridized carbons (Fsp3) is 0.294. The zero-order valence-corrected chi connectivity index (χ0v) is 13.5. The number of nitrogens with one attached hydrogen (secondary N) is 2. The van der Waals surface area contributed by atoms with Gasteiger partial charge in [0, 0.05) is 24.9 Å². The number of benzene rings is 1. The van der Waals surface area contributed by atoms with Crippen LogP contribution in [0.5, 0.6) is 0 Å². The first-order valence-electron chi connectivity index (χ1n) is 7.80. The molecule has 7 nitrogen and oxygen atoms in total. The highest BCUT2D eigenvalue weighted by atomic mass is 16.5. The van der Waals surface area contributed by atoms with E-state index in [1.54, 1.807) is 6.07 Å². The van der Waals surface area contributed by atoms with Crippen LogP contribution in [0, 0.1) is 6.92 Å². The van der Waals surface area contributed by atoms with Gasteiger partial charge in [-0.15, -0.1) is 0 Å². The predicted molar refractivity (Wildman–Crippen MR) is 89.6 cm³/mol. The SMILES string of the molecule is CCNC(=O)CCc1nc(-c2cc3cc(C)ccc3[nH]c2=O)no1. The van der Waals surface area contributed by atoms with E-state index < -0.39 is 0 Å². The Morgan fingerprint density at radius 1 is 1.33 bits per heavy atom. The molecule has 1 aromatic carbocycles. The lowest BCUT2D eigenvalue weighted by Gasteiger charge is -2.01. The summed E-state index contributed by atoms with van der Waals surface area (Å²) in [6, 6.07) is 7.53. The lowest BCUT2D eigenvalue weighted by Crippen LogP contribution is -2.22. The Bertz CT molecular complexity index is 942. The molecule has 0 aliphatic heterocycles. The van der Waals surface area contributed by atoms with E-state index in [0.717, 1.165) is 16.5 Å². The van der Waals surface area contributed by atoms with Gasteiger partial charge in [0.25, 0.3) is 5.56 Å². The molecule has 0 aliphatic rings. The second-order valence-corrected chi connectivity index (χ2v) is 5.57. The van der Waals surface area contributed by atoms with Crippen molar-refractivity contribution in [2.45, 2.75) is 26.7 Å². The van der Waals surface area contributed by atoms with E-state index in [1.165, 1.54) is 0 Å². The smallest absolute Gasteiger partial charge is 0.259 e. The normalized spacial score (nSPS) is 10.9. The van der Waals surface area contributed by atoms with Gasteiger partial charge in [-0.25, -0.2) is 0 Å². The van der Waals surface area contributed by atoms with Crippen molar-refractivity contribution in [2.75, 3.05) is 6.54 Å². The van der Waals surface area contributed by atoms with Gasteiger partial charge in [-0.3, -0.25) is 9.59 Å². The Labute approximate surface area is 138 Å². The number of fused-ring (bicyclic) bond motifs is 1. The van der Waals surface area contributed by atoms with Gasteiger partial charge in [-0.05, 0) is 37.4 Å². The quantitative estimate of drug-likeness (QED) is 0.746. The lowest BCUT2D eigenvalue weighted by molar-refractivity contribution is -0.121. The molecule has 0 fully saturated rings. The Morgan fingerprint density at radius 3 is 2.96 bits per heavy atom. The largest absolute Gasteiger partial charge is 0.356 e. The van der Waals surface area contributed by atoms with E-state index in [0.29, 0.717) is 24.4 Å². The van der Waals surface area contributed by atoms with E-state index in [9.17, 15) is 9.59 Å². The van der Waals surface area contributed by atoms with Crippen LogP contribution in [0.15, 0.2) is 33.6 Å². The maximum Gasteiger partial charge on any atom is 0.259 e. The van der Waals surface area contributed by atoms with Crippen LogP contribution < -0.4 is 10.9 Å². The molecule has 2 N–H and O–H groups in total. The Balaban J connectivity index is 1.87. The van der Waals surface area contributed by atoms with Crippen molar-refractivity contribution < 1.29 is 9.32 Å². The van der Waals surface area contributed by atoms with Crippen molar-refractivity contribution in [1.82, 2.24) is 20.4 Å². The van der Waals surface area contributed by atoms with Gasteiger partial charge >= 0.3 is 0 Å².